The van der Waals surface area contributed by atoms with E-state index in [1.807, 2.05) is 6.07 Å². The van der Waals surface area contributed by atoms with Crippen LogP contribution in [0.25, 0.3) is 0 Å². The van der Waals surface area contributed by atoms with Gasteiger partial charge < -0.3 is 5.32 Å². The molecule has 0 aliphatic carbocycles. The lowest BCUT2D eigenvalue weighted by Crippen LogP contribution is -2.11. The molecule has 0 saturated carbocycles. The molecule has 1 N–H and O–H groups in total. The van der Waals surface area contributed by atoms with Gasteiger partial charge in [0.1, 0.15) is 17.7 Å². The zero-order valence-electron chi connectivity index (χ0n) is 9.40. The van der Waals surface area contributed by atoms with E-state index in [4.69, 9.17) is 5.26 Å². The zero-order valence-corrected chi connectivity index (χ0v) is 9.40. The van der Waals surface area contributed by atoms with E-state index in [0.717, 1.165) is 0 Å². The largest absolute Gasteiger partial charge is 0.364 e. The van der Waals surface area contributed by atoms with Crippen molar-refractivity contribution < 1.29 is 8.78 Å². The predicted octanol–water partition coefficient (Wildman–Crippen LogP) is 3.64. The fourth-order valence-corrected chi connectivity index (χ4v) is 1.62. The first-order valence-electron chi connectivity index (χ1n) is 5.37. The summed E-state index contributed by atoms with van der Waals surface area (Å²) in [7, 11) is 0. The molecule has 90 valence electrons. The highest BCUT2D eigenvalue weighted by molar-refractivity contribution is 5.48. The summed E-state index contributed by atoms with van der Waals surface area (Å²) in [5, 5.41) is 11.7. The third kappa shape index (κ3) is 2.46. The maximum atomic E-state index is 13.5. The van der Waals surface area contributed by atoms with Crippen molar-refractivity contribution in [3.05, 3.63) is 65.7 Å². The molecule has 0 aromatic heterocycles. The van der Waals surface area contributed by atoms with E-state index in [2.05, 4.69) is 5.32 Å². The summed E-state index contributed by atoms with van der Waals surface area (Å²) in [5.41, 5.74) is 0.371. The number of rotatable bonds is 3. The lowest BCUT2D eigenvalue weighted by atomic mass is 10.1. The number of halogens is 2. The molecule has 1 atom stereocenters. The van der Waals surface area contributed by atoms with Crippen molar-refractivity contribution in [3.8, 4) is 6.07 Å². The second-order valence-corrected chi connectivity index (χ2v) is 3.71. The van der Waals surface area contributed by atoms with Crippen molar-refractivity contribution in [2.45, 2.75) is 6.04 Å². The van der Waals surface area contributed by atoms with Crippen LogP contribution in [-0.4, -0.2) is 0 Å². The second-order valence-electron chi connectivity index (χ2n) is 3.71. The lowest BCUT2D eigenvalue weighted by molar-refractivity contribution is 0.604. The quantitative estimate of drug-likeness (QED) is 0.894. The van der Waals surface area contributed by atoms with E-state index < -0.39 is 17.7 Å². The number of nitriles is 1. The zero-order chi connectivity index (χ0) is 13.0. The third-order valence-electron chi connectivity index (χ3n) is 2.52. The highest BCUT2D eigenvalue weighted by Gasteiger charge is 2.15. The Morgan fingerprint density at radius 2 is 1.56 bits per heavy atom. The van der Waals surface area contributed by atoms with Crippen LogP contribution in [0.15, 0.2) is 48.5 Å². The van der Waals surface area contributed by atoms with Crippen LogP contribution >= 0.6 is 0 Å². The van der Waals surface area contributed by atoms with E-state index in [-0.39, 0.29) is 11.3 Å². The maximum absolute atomic E-state index is 13.5. The SMILES string of the molecule is N#CC(Nc1ccccc1F)c1ccccc1F. The molecule has 2 aromatic rings. The Morgan fingerprint density at radius 3 is 2.17 bits per heavy atom. The average molecular weight is 244 g/mol. The van der Waals surface area contributed by atoms with Crippen molar-refractivity contribution >= 4 is 5.69 Å². The summed E-state index contributed by atoms with van der Waals surface area (Å²) in [6.07, 6.45) is 0. The number of hydrogen-bond donors (Lipinski definition) is 1. The smallest absolute Gasteiger partial charge is 0.146 e. The molecule has 0 fully saturated rings. The summed E-state index contributed by atoms with van der Waals surface area (Å²) < 4.78 is 27.0. The molecule has 0 bridgehead atoms. The predicted molar refractivity (Wildman–Crippen MR) is 64.8 cm³/mol. The van der Waals surface area contributed by atoms with Gasteiger partial charge in [-0.25, -0.2) is 8.78 Å². The van der Waals surface area contributed by atoms with E-state index in [1.165, 1.54) is 30.3 Å². The van der Waals surface area contributed by atoms with Crippen LogP contribution in [0, 0.1) is 23.0 Å². The van der Waals surface area contributed by atoms with Gasteiger partial charge in [0.25, 0.3) is 0 Å². The number of hydrogen-bond acceptors (Lipinski definition) is 2. The standard InChI is InChI=1S/C14H10F2N2/c15-11-6-2-1-5-10(11)14(9-17)18-13-8-4-3-7-12(13)16/h1-8,14,18H. The van der Waals surface area contributed by atoms with Crippen molar-refractivity contribution in [2.24, 2.45) is 0 Å². The van der Waals surface area contributed by atoms with Crippen LogP contribution < -0.4 is 5.32 Å². The van der Waals surface area contributed by atoms with E-state index in [0.29, 0.717) is 0 Å². The first-order valence-corrected chi connectivity index (χ1v) is 5.37. The van der Waals surface area contributed by atoms with Gasteiger partial charge in [-0.2, -0.15) is 5.26 Å². The molecule has 0 heterocycles. The fourth-order valence-electron chi connectivity index (χ4n) is 1.62. The minimum Gasteiger partial charge on any atom is -0.364 e. The normalized spacial score (nSPS) is 11.6. The van der Waals surface area contributed by atoms with Gasteiger partial charge in [-0.3, -0.25) is 0 Å². The lowest BCUT2D eigenvalue weighted by Gasteiger charge is -2.14. The molecule has 2 aromatic carbocycles. The first-order chi connectivity index (χ1) is 8.72. The summed E-state index contributed by atoms with van der Waals surface area (Å²) in [6, 6.07) is 12.9. The molecule has 0 saturated heterocycles. The van der Waals surface area contributed by atoms with Crippen molar-refractivity contribution in [2.75, 3.05) is 5.32 Å². The average Bonchev–Trinajstić information content (AvgIpc) is 2.39. The van der Waals surface area contributed by atoms with Gasteiger partial charge in [0.2, 0.25) is 0 Å². The molecule has 1 unspecified atom stereocenters. The van der Waals surface area contributed by atoms with Gasteiger partial charge >= 0.3 is 0 Å². The number of para-hydroxylation sites is 1. The number of benzene rings is 2. The highest BCUT2D eigenvalue weighted by atomic mass is 19.1. The van der Waals surface area contributed by atoms with Gasteiger partial charge in [-0.15, -0.1) is 0 Å². The Labute approximate surface area is 103 Å². The minimum absolute atomic E-state index is 0.173. The van der Waals surface area contributed by atoms with Gasteiger partial charge in [-0.05, 0) is 18.2 Å². The summed E-state index contributed by atoms with van der Waals surface area (Å²) in [4.78, 5) is 0. The van der Waals surface area contributed by atoms with Crippen LogP contribution in [0.4, 0.5) is 14.5 Å². The Kier molecular flexibility index (Phi) is 3.54. The summed E-state index contributed by atoms with van der Waals surface area (Å²) in [5.74, 6) is -0.970. The van der Waals surface area contributed by atoms with Crippen LogP contribution in [0.1, 0.15) is 11.6 Å². The molecule has 2 rings (SSSR count). The topological polar surface area (TPSA) is 35.8 Å². The molecular weight excluding hydrogens is 234 g/mol. The van der Waals surface area contributed by atoms with Gasteiger partial charge in [0.15, 0.2) is 0 Å². The fraction of sp³-hybridized carbons (Fsp3) is 0.0714. The van der Waals surface area contributed by atoms with Crippen LogP contribution in [0.2, 0.25) is 0 Å². The first kappa shape index (κ1) is 12.1. The molecule has 18 heavy (non-hydrogen) atoms. The molecule has 2 nitrogen and oxygen atoms in total. The molecule has 0 amide bonds. The summed E-state index contributed by atoms with van der Waals surface area (Å²) in [6.45, 7) is 0. The van der Waals surface area contributed by atoms with Gasteiger partial charge in [-0.1, -0.05) is 30.3 Å². The minimum atomic E-state index is -0.928. The monoisotopic (exact) mass is 244 g/mol. The molecule has 4 heteroatoms. The van der Waals surface area contributed by atoms with Gasteiger partial charge in [0, 0.05) is 5.56 Å². The third-order valence-corrected chi connectivity index (χ3v) is 2.52. The van der Waals surface area contributed by atoms with Crippen molar-refractivity contribution in [3.63, 3.8) is 0 Å². The van der Waals surface area contributed by atoms with Crippen LogP contribution in [-0.2, 0) is 0 Å². The Hall–Kier alpha value is -2.41. The molecule has 0 radical (unpaired) electrons. The molecule has 0 aliphatic heterocycles. The Bertz CT molecular complexity index is 590. The van der Waals surface area contributed by atoms with Crippen molar-refractivity contribution in [1.82, 2.24) is 0 Å². The molecule has 0 spiro atoms. The molecular formula is C14H10F2N2. The molecule has 0 aliphatic rings. The Balaban J connectivity index is 2.30. The highest BCUT2D eigenvalue weighted by Crippen LogP contribution is 2.23. The Morgan fingerprint density at radius 1 is 0.944 bits per heavy atom. The number of anilines is 1. The van der Waals surface area contributed by atoms with E-state index >= 15 is 0 Å². The second kappa shape index (κ2) is 5.28. The number of nitrogens with one attached hydrogen (secondary N) is 1. The van der Waals surface area contributed by atoms with Crippen LogP contribution in [0.5, 0.6) is 0 Å². The van der Waals surface area contributed by atoms with Crippen molar-refractivity contribution in [1.29, 1.82) is 5.26 Å². The number of nitrogens with zero attached hydrogens (tertiary/aromatic N) is 1. The summed E-state index contributed by atoms with van der Waals surface area (Å²) >= 11 is 0. The van der Waals surface area contributed by atoms with E-state index in [9.17, 15) is 8.78 Å². The van der Waals surface area contributed by atoms with Gasteiger partial charge in [0.05, 0.1) is 11.8 Å². The maximum Gasteiger partial charge on any atom is 0.146 e. The van der Waals surface area contributed by atoms with E-state index in [1.54, 1.807) is 18.2 Å². The van der Waals surface area contributed by atoms with Crippen LogP contribution in [0.3, 0.4) is 0 Å².